The van der Waals surface area contributed by atoms with Gasteiger partial charge in [-0.3, -0.25) is 4.68 Å². The SMILES string of the molecule is Cc1c(Cl)c(-c2nccs2)nn1C. The number of halogens is 1. The second-order valence-electron chi connectivity index (χ2n) is 2.71. The number of hydrogen-bond donors (Lipinski definition) is 0. The lowest BCUT2D eigenvalue weighted by Crippen LogP contribution is -1.92. The average Bonchev–Trinajstić information content (AvgIpc) is 2.70. The van der Waals surface area contributed by atoms with Gasteiger partial charge in [-0.05, 0) is 6.92 Å². The molecule has 0 N–H and O–H groups in total. The lowest BCUT2D eigenvalue weighted by atomic mass is 10.4. The third-order valence-electron chi connectivity index (χ3n) is 1.90. The summed E-state index contributed by atoms with van der Waals surface area (Å²) in [5.74, 6) is 0. The number of nitrogens with zero attached hydrogens (tertiary/aromatic N) is 3. The van der Waals surface area contributed by atoms with E-state index in [4.69, 9.17) is 11.6 Å². The van der Waals surface area contributed by atoms with Crippen LogP contribution in [0.4, 0.5) is 0 Å². The predicted octanol–water partition coefficient (Wildman–Crippen LogP) is 2.51. The first kappa shape index (κ1) is 8.72. The third kappa shape index (κ3) is 1.36. The lowest BCUT2D eigenvalue weighted by molar-refractivity contribution is 0.742. The van der Waals surface area contributed by atoms with Gasteiger partial charge in [0.15, 0.2) is 0 Å². The fourth-order valence-corrected chi connectivity index (χ4v) is 1.99. The van der Waals surface area contributed by atoms with Gasteiger partial charge in [0.25, 0.3) is 0 Å². The van der Waals surface area contributed by atoms with Gasteiger partial charge in [-0.15, -0.1) is 11.3 Å². The van der Waals surface area contributed by atoms with Crippen LogP contribution in [0, 0.1) is 6.92 Å². The van der Waals surface area contributed by atoms with Crippen LogP contribution in [0.1, 0.15) is 5.69 Å². The maximum Gasteiger partial charge on any atom is 0.145 e. The van der Waals surface area contributed by atoms with Gasteiger partial charge >= 0.3 is 0 Å². The molecule has 0 aliphatic rings. The predicted molar refractivity (Wildman–Crippen MR) is 54.1 cm³/mol. The molecule has 0 bridgehead atoms. The number of thiazole rings is 1. The Morgan fingerprint density at radius 2 is 2.31 bits per heavy atom. The van der Waals surface area contributed by atoms with Gasteiger partial charge in [-0.25, -0.2) is 4.98 Å². The van der Waals surface area contributed by atoms with Crippen molar-refractivity contribution in [3.05, 3.63) is 22.3 Å². The van der Waals surface area contributed by atoms with E-state index in [9.17, 15) is 0 Å². The first-order chi connectivity index (χ1) is 6.20. The Labute approximate surface area is 85.0 Å². The summed E-state index contributed by atoms with van der Waals surface area (Å²) in [4.78, 5) is 4.16. The number of rotatable bonds is 1. The van der Waals surface area contributed by atoms with Gasteiger partial charge in [0.1, 0.15) is 10.7 Å². The van der Waals surface area contributed by atoms with Crippen LogP contribution in [-0.2, 0) is 7.05 Å². The van der Waals surface area contributed by atoms with Crippen LogP contribution < -0.4 is 0 Å². The van der Waals surface area contributed by atoms with E-state index < -0.39 is 0 Å². The first-order valence-corrected chi connectivity index (χ1v) is 5.05. The Balaban J connectivity index is 2.59. The second-order valence-corrected chi connectivity index (χ2v) is 3.98. The summed E-state index contributed by atoms with van der Waals surface area (Å²) >= 11 is 7.63. The number of aryl methyl sites for hydroxylation is 1. The van der Waals surface area contributed by atoms with E-state index in [1.807, 2.05) is 19.4 Å². The summed E-state index contributed by atoms with van der Waals surface area (Å²) in [6.07, 6.45) is 1.75. The molecule has 0 unspecified atom stereocenters. The largest absolute Gasteiger partial charge is 0.271 e. The summed E-state index contributed by atoms with van der Waals surface area (Å²) < 4.78 is 1.76. The molecule has 0 saturated heterocycles. The molecule has 68 valence electrons. The molecule has 0 spiro atoms. The van der Waals surface area contributed by atoms with Crippen LogP contribution in [0.15, 0.2) is 11.6 Å². The molecule has 0 aliphatic carbocycles. The summed E-state index contributed by atoms with van der Waals surface area (Å²) in [5, 5.41) is 7.76. The monoisotopic (exact) mass is 213 g/mol. The quantitative estimate of drug-likeness (QED) is 0.729. The van der Waals surface area contributed by atoms with Crippen molar-refractivity contribution in [2.24, 2.45) is 7.05 Å². The number of hydrogen-bond acceptors (Lipinski definition) is 3. The normalized spacial score (nSPS) is 10.7. The molecule has 3 nitrogen and oxygen atoms in total. The van der Waals surface area contributed by atoms with Crippen molar-refractivity contribution < 1.29 is 0 Å². The topological polar surface area (TPSA) is 30.7 Å². The van der Waals surface area contributed by atoms with Crippen LogP contribution in [-0.4, -0.2) is 14.8 Å². The second kappa shape index (κ2) is 3.12. The minimum atomic E-state index is 0.692. The molecule has 2 aromatic rings. The zero-order chi connectivity index (χ0) is 9.42. The van der Waals surface area contributed by atoms with Gasteiger partial charge in [-0.2, -0.15) is 5.10 Å². The molecule has 0 aliphatic heterocycles. The van der Waals surface area contributed by atoms with Crippen molar-refractivity contribution in [2.45, 2.75) is 6.92 Å². The van der Waals surface area contributed by atoms with E-state index in [0.717, 1.165) is 16.4 Å². The minimum absolute atomic E-state index is 0.692. The Morgan fingerprint density at radius 3 is 2.77 bits per heavy atom. The van der Waals surface area contributed by atoms with E-state index >= 15 is 0 Å². The van der Waals surface area contributed by atoms with E-state index in [2.05, 4.69) is 10.1 Å². The van der Waals surface area contributed by atoms with E-state index in [-0.39, 0.29) is 0 Å². The molecule has 2 aromatic heterocycles. The highest BCUT2D eigenvalue weighted by molar-refractivity contribution is 7.13. The van der Waals surface area contributed by atoms with Gasteiger partial charge in [0, 0.05) is 18.6 Å². The maximum absolute atomic E-state index is 6.09. The van der Waals surface area contributed by atoms with Gasteiger partial charge in [0.05, 0.1) is 10.7 Å². The zero-order valence-corrected chi connectivity index (χ0v) is 8.85. The van der Waals surface area contributed by atoms with Gasteiger partial charge in [-0.1, -0.05) is 11.6 Å². The van der Waals surface area contributed by atoms with Crippen molar-refractivity contribution in [3.8, 4) is 10.7 Å². The molecule has 0 radical (unpaired) electrons. The van der Waals surface area contributed by atoms with Crippen molar-refractivity contribution in [1.29, 1.82) is 0 Å². The average molecular weight is 214 g/mol. The van der Waals surface area contributed by atoms with E-state index in [0.29, 0.717) is 5.02 Å². The highest BCUT2D eigenvalue weighted by atomic mass is 35.5. The summed E-state index contributed by atoms with van der Waals surface area (Å²) in [6, 6.07) is 0. The summed E-state index contributed by atoms with van der Waals surface area (Å²) in [7, 11) is 1.87. The molecule has 13 heavy (non-hydrogen) atoms. The standard InChI is InChI=1S/C8H8ClN3S/c1-5-6(9)7(11-12(5)2)8-10-3-4-13-8/h3-4H,1-2H3. The Morgan fingerprint density at radius 1 is 1.54 bits per heavy atom. The molecule has 5 heteroatoms. The van der Waals surface area contributed by atoms with Crippen molar-refractivity contribution in [1.82, 2.24) is 14.8 Å². The van der Waals surface area contributed by atoms with Crippen molar-refractivity contribution >= 4 is 22.9 Å². The maximum atomic E-state index is 6.09. The van der Waals surface area contributed by atoms with Crippen LogP contribution in [0.25, 0.3) is 10.7 Å². The van der Waals surface area contributed by atoms with Crippen LogP contribution in [0.2, 0.25) is 5.02 Å². The minimum Gasteiger partial charge on any atom is -0.271 e. The van der Waals surface area contributed by atoms with Gasteiger partial charge in [0.2, 0.25) is 0 Å². The fourth-order valence-electron chi connectivity index (χ4n) is 1.06. The fraction of sp³-hybridized carbons (Fsp3) is 0.250. The third-order valence-corrected chi connectivity index (χ3v) is 3.13. The highest BCUT2D eigenvalue weighted by Crippen LogP contribution is 2.30. The molecular weight excluding hydrogens is 206 g/mol. The van der Waals surface area contributed by atoms with Crippen LogP contribution in [0.3, 0.4) is 0 Å². The lowest BCUT2D eigenvalue weighted by Gasteiger charge is -1.89. The van der Waals surface area contributed by atoms with Crippen LogP contribution >= 0.6 is 22.9 Å². The summed E-state index contributed by atoms with van der Waals surface area (Å²) in [6.45, 7) is 1.94. The number of aromatic nitrogens is 3. The zero-order valence-electron chi connectivity index (χ0n) is 7.28. The molecule has 0 amide bonds. The van der Waals surface area contributed by atoms with Gasteiger partial charge < -0.3 is 0 Å². The molecule has 0 atom stereocenters. The highest BCUT2D eigenvalue weighted by Gasteiger charge is 2.13. The molecule has 2 rings (SSSR count). The van der Waals surface area contributed by atoms with E-state index in [1.165, 1.54) is 0 Å². The molecule has 0 aromatic carbocycles. The van der Waals surface area contributed by atoms with Crippen molar-refractivity contribution in [3.63, 3.8) is 0 Å². The summed E-state index contributed by atoms with van der Waals surface area (Å²) in [5.41, 5.74) is 1.74. The Hall–Kier alpha value is -0.870. The molecule has 0 saturated carbocycles. The Bertz CT molecular complexity index is 419. The molecule has 0 fully saturated rings. The molecular formula is C8H8ClN3S. The first-order valence-electron chi connectivity index (χ1n) is 3.79. The van der Waals surface area contributed by atoms with Crippen molar-refractivity contribution in [2.75, 3.05) is 0 Å². The molecule has 2 heterocycles. The smallest absolute Gasteiger partial charge is 0.145 e. The van der Waals surface area contributed by atoms with Crippen LogP contribution in [0.5, 0.6) is 0 Å². The van der Waals surface area contributed by atoms with E-state index in [1.54, 1.807) is 22.2 Å². The Kier molecular flexibility index (Phi) is 2.09.